The molecule has 158 valence electrons. The van der Waals surface area contributed by atoms with Gasteiger partial charge >= 0.3 is 6.18 Å². The molecule has 1 aromatic carbocycles. The van der Waals surface area contributed by atoms with Crippen LogP contribution >= 0.6 is 0 Å². The fourth-order valence-corrected chi connectivity index (χ4v) is 4.60. The van der Waals surface area contributed by atoms with Crippen molar-refractivity contribution in [1.29, 1.82) is 5.26 Å². The number of nitrogens with zero attached hydrogens (tertiary/aromatic N) is 3. The summed E-state index contributed by atoms with van der Waals surface area (Å²) in [4.78, 5) is 16.1. The predicted molar refractivity (Wildman–Crippen MR) is 101 cm³/mol. The molecule has 6 nitrogen and oxygen atoms in total. The first-order valence-corrected chi connectivity index (χ1v) is 9.57. The molecule has 30 heavy (non-hydrogen) atoms. The van der Waals surface area contributed by atoms with Gasteiger partial charge in [-0.15, -0.1) is 0 Å². The number of aliphatic hydroxyl groups is 1. The summed E-state index contributed by atoms with van der Waals surface area (Å²) in [6.07, 6.45) is -2.58. The Hall–Kier alpha value is -2.99. The molecule has 9 heteroatoms. The molecule has 0 radical (unpaired) electrons. The summed E-state index contributed by atoms with van der Waals surface area (Å²) in [5.74, 6) is -0.00566. The molecule has 0 bridgehead atoms. The SMILES string of the molecule is N#Cc1ccc(N2C[C@@H]3CCN(C(=O)c4ccco4)C[C@]3(CO)C2)cc1C(F)(F)F. The van der Waals surface area contributed by atoms with Gasteiger partial charge in [-0.2, -0.15) is 18.4 Å². The topological polar surface area (TPSA) is 80.7 Å². The van der Waals surface area contributed by atoms with Crippen molar-refractivity contribution in [1.82, 2.24) is 4.90 Å². The number of piperidine rings is 1. The summed E-state index contributed by atoms with van der Waals surface area (Å²) in [6.45, 7) is 1.40. The lowest BCUT2D eigenvalue weighted by molar-refractivity contribution is -0.137. The number of halogens is 3. The number of anilines is 1. The number of benzene rings is 1. The number of hydrogen-bond donors (Lipinski definition) is 1. The van der Waals surface area contributed by atoms with E-state index in [0.717, 1.165) is 6.07 Å². The highest BCUT2D eigenvalue weighted by molar-refractivity contribution is 5.91. The quantitative estimate of drug-likeness (QED) is 0.827. The predicted octanol–water partition coefficient (Wildman–Crippen LogP) is 3.13. The van der Waals surface area contributed by atoms with E-state index in [1.165, 1.54) is 18.4 Å². The van der Waals surface area contributed by atoms with Crippen molar-refractivity contribution in [3.05, 3.63) is 53.5 Å². The minimum Gasteiger partial charge on any atom is -0.459 e. The minimum atomic E-state index is -4.63. The number of carbonyl (C=O) groups is 1. The maximum Gasteiger partial charge on any atom is 0.417 e. The highest BCUT2D eigenvalue weighted by Gasteiger charge is 2.50. The van der Waals surface area contributed by atoms with E-state index >= 15 is 0 Å². The fraction of sp³-hybridized carbons (Fsp3) is 0.429. The van der Waals surface area contributed by atoms with Crippen LogP contribution in [0.1, 0.15) is 28.1 Å². The highest BCUT2D eigenvalue weighted by Crippen LogP contribution is 2.44. The van der Waals surface area contributed by atoms with E-state index in [1.807, 2.05) is 0 Å². The molecule has 0 saturated carbocycles. The number of likely N-dealkylation sites (tertiary alicyclic amines) is 1. The largest absolute Gasteiger partial charge is 0.459 e. The highest BCUT2D eigenvalue weighted by atomic mass is 19.4. The molecule has 2 atom stereocenters. The van der Waals surface area contributed by atoms with E-state index in [4.69, 9.17) is 9.68 Å². The molecule has 2 fully saturated rings. The molecule has 0 spiro atoms. The van der Waals surface area contributed by atoms with Gasteiger partial charge in [0, 0.05) is 37.3 Å². The number of carbonyl (C=O) groups excluding carboxylic acids is 1. The zero-order valence-electron chi connectivity index (χ0n) is 16.0. The maximum atomic E-state index is 13.4. The minimum absolute atomic E-state index is 0.0353. The Balaban J connectivity index is 1.59. The van der Waals surface area contributed by atoms with E-state index in [2.05, 4.69) is 0 Å². The zero-order chi connectivity index (χ0) is 21.5. The van der Waals surface area contributed by atoms with E-state index in [-0.39, 0.29) is 24.2 Å². The van der Waals surface area contributed by atoms with Gasteiger partial charge in [0.05, 0.1) is 30.1 Å². The van der Waals surface area contributed by atoms with Gasteiger partial charge in [0.2, 0.25) is 0 Å². The summed E-state index contributed by atoms with van der Waals surface area (Å²) >= 11 is 0. The van der Waals surface area contributed by atoms with Crippen molar-refractivity contribution < 1.29 is 27.5 Å². The van der Waals surface area contributed by atoms with Crippen LogP contribution in [0.4, 0.5) is 18.9 Å². The summed E-state index contributed by atoms with van der Waals surface area (Å²) < 4.78 is 45.2. The Morgan fingerprint density at radius 2 is 2.13 bits per heavy atom. The van der Waals surface area contributed by atoms with Crippen LogP contribution in [0.2, 0.25) is 0 Å². The van der Waals surface area contributed by atoms with Gasteiger partial charge in [-0.25, -0.2) is 0 Å². The molecule has 0 unspecified atom stereocenters. The normalized spacial score (nSPS) is 23.9. The van der Waals surface area contributed by atoms with Crippen LogP contribution in [0.5, 0.6) is 0 Å². The van der Waals surface area contributed by atoms with Crippen LogP contribution in [0, 0.1) is 22.7 Å². The third-order valence-corrected chi connectivity index (χ3v) is 6.19. The Labute approximate surface area is 171 Å². The average molecular weight is 419 g/mol. The maximum absolute atomic E-state index is 13.4. The summed E-state index contributed by atoms with van der Waals surface area (Å²) in [5.41, 5.74) is -1.67. The molecule has 1 amide bonds. The number of furan rings is 1. The molecule has 4 rings (SSSR count). The lowest BCUT2D eigenvalue weighted by Crippen LogP contribution is -2.52. The van der Waals surface area contributed by atoms with E-state index < -0.39 is 22.7 Å². The summed E-state index contributed by atoms with van der Waals surface area (Å²) in [7, 11) is 0. The molecular formula is C21H20F3N3O3. The number of fused-ring (bicyclic) bond motifs is 1. The second-order valence-corrected chi connectivity index (χ2v) is 7.93. The smallest absolute Gasteiger partial charge is 0.417 e. The van der Waals surface area contributed by atoms with Crippen molar-refractivity contribution in [2.24, 2.45) is 11.3 Å². The molecule has 3 heterocycles. The third kappa shape index (κ3) is 3.41. The van der Waals surface area contributed by atoms with Gasteiger partial charge in [-0.1, -0.05) is 0 Å². The van der Waals surface area contributed by atoms with Gasteiger partial charge in [-0.3, -0.25) is 4.79 Å². The van der Waals surface area contributed by atoms with Crippen LogP contribution in [-0.2, 0) is 6.18 Å². The molecule has 0 aliphatic carbocycles. The Bertz CT molecular complexity index is 984. The van der Waals surface area contributed by atoms with Crippen molar-refractivity contribution >= 4 is 11.6 Å². The van der Waals surface area contributed by atoms with E-state index in [1.54, 1.807) is 28.0 Å². The molecule has 2 aromatic rings. The zero-order valence-corrected chi connectivity index (χ0v) is 16.0. The van der Waals surface area contributed by atoms with Gasteiger partial charge in [0.25, 0.3) is 5.91 Å². The fourth-order valence-electron chi connectivity index (χ4n) is 4.60. The van der Waals surface area contributed by atoms with Crippen LogP contribution < -0.4 is 4.90 Å². The van der Waals surface area contributed by atoms with Crippen LogP contribution in [0.3, 0.4) is 0 Å². The lowest BCUT2D eigenvalue weighted by atomic mass is 9.74. The standard InChI is InChI=1S/C21H20F3N3O3/c22-21(23,24)17-8-16(4-3-14(17)9-25)27-10-15-5-6-26(11-20(15,12-27)13-28)19(29)18-2-1-7-30-18/h1-4,7-8,15,28H,5-6,10-13H2/t15-,20+/m0/s1. The van der Waals surface area contributed by atoms with Gasteiger partial charge in [-0.05, 0) is 42.7 Å². The number of rotatable bonds is 3. The third-order valence-electron chi connectivity index (χ3n) is 6.19. The summed E-state index contributed by atoms with van der Waals surface area (Å²) in [6, 6.07) is 8.47. The Kier molecular flexibility index (Phi) is 4.98. The van der Waals surface area contributed by atoms with Gasteiger partial charge in [0.15, 0.2) is 5.76 Å². The molecule has 1 N–H and O–H groups in total. The van der Waals surface area contributed by atoms with Crippen molar-refractivity contribution in [3.63, 3.8) is 0 Å². The first kappa shape index (κ1) is 20.3. The first-order chi connectivity index (χ1) is 14.3. The second-order valence-electron chi connectivity index (χ2n) is 7.93. The van der Waals surface area contributed by atoms with Gasteiger partial charge in [0.1, 0.15) is 0 Å². The van der Waals surface area contributed by atoms with Crippen molar-refractivity contribution in [3.8, 4) is 6.07 Å². The van der Waals surface area contributed by atoms with Crippen LogP contribution in [0.25, 0.3) is 0 Å². The number of amides is 1. The molecule has 2 saturated heterocycles. The van der Waals surface area contributed by atoms with E-state index in [9.17, 15) is 23.1 Å². The van der Waals surface area contributed by atoms with E-state index in [0.29, 0.717) is 38.3 Å². The monoisotopic (exact) mass is 419 g/mol. The number of alkyl halides is 3. The van der Waals surface area contributed by atoms with Crippen molar-refractivity contribution in [2.75, 3.05) is 37.7 Å². The molecule has 2 aliphatic heterocycles. The van der Waals surface area contributed by atoms with Crippen LogP contribution in [0.15, 0.2) is 41.0 Å². The Morgan fingerprint density at radius 1 is 1.33 bits per heavy atom. The Morgan fingerprint density at radius 3 is 2.77 bits per heavy atom. The first-order valence-electron chi connectivity index (χ1n) is 9.57. The van der Waals surface area contributed by atoms with Gasteiger partial charge < -0.3 is 19.3 Å². The molecular weight excluding hydrogens is 399 g/mol. The number of aliphatic hydroxyl groups excluding tert-OH is 1. The average Bonchev–Trinajstić information content (AvgIpc) is 3.40. The molecule has 1 aromatic heterocycles. The number of hydrogen-bond acceptors (Lipinski definition) is 5. The number of nitriles is 1. The summed E-state index contributed by atoms with van der Waals surface area (Å²) in [5, 5.41) is 19.2. The second kappa shape index (κ2) is 7.36. The molecule has 2 aliphatic rings. The van der Waals surface area contributed by atoms with Crippen LogP contribution in [-0.4, -0.2) is 48.7 Å². The van der Waals surface area contributed by atoms with Crippen molar-refractivity contribution in [2.45, 2.75) is 12.6 Å². The lowest BCUT2D eigenvalue weighted by Gasteiger charge is -2.42.